The lowest BCUT2D eigenvalue weighted by atomic mass is 10.1. The molecule has 0 fully saturated rings. The molecule has 1 aromatic heterocycles. The molecule has 0 spiro atoms. The molecule has 0 radical (unpaired) electrons. The molecule has 0 aliphatic carbocycles. The minimum absolute atomic E-state index is 0.288. The predicted molar refractivity (Wildman–Crippen MR) is 95.2 cm³/mol. The van der Waals surface area contributed by atoms with Crippen molar-refractivity contribution in [3.8, 4) is 0 Å². The van der Waals surface area contributed by atoms with Crippen LogP contribution in [0.2, 0.25) is 0 Å². The molecule has 0 aliphatic rings. The molecule has 0 unspecified atom stereocenters. The summed E-state index contributed by atoms with van der Waals surface area (Å²) in [6.45, 7) is 7.26. The summed E-state index contributed by atoms with van der Waals surface area (Å²) in [5, 5.41) is 2.77. The Balaban J connectivity index is 2.16. The zero-order valence-electron chi connectivity index (χ0n) is 14.3. The lowest BCUT2D eigenvalue weighted by Gasteiger charge is -2.20. The van der Waals surface area contributed by atoms with Crippen molar-refractivity contribution in [2.45, 2.75) is 33.3 Å². The highest BCUT2D eigenvalue weighted by Crippen LogP contribution is 2.20. The van der Waals surface area contributed by atoms with Crippen LogP contribution in [0.3, 0.4) is 0 Å². The number of carbonyl (C=O) groups excluding carboxylic acids is 2. The monoisotopic (exact) mass is 393 g/mol. The molecule has 1 heterocycles. The topological polar surface area (TPSA) is 73.2 Å². The van der Waals surface area contributed by atoms with Gasteiger partial charge in [-0.05, 0) is 67.4 Å². The first-order valence-electron chi connectivity index (χ1n) is 7.41. The lowest BCUT2D eigenvalue weighted by Crippen LogP contribution is -2.24. The van der Waals surface area contributed by atoms with Gasteiger partial charge in [-0.15, -0.1) is 0 Å². The van der Waals surface area contributed by atoms with E-state index in [0.717, 1.165) is 5.56 Å². The maximum absolute atomic E-state index is 12.3. The molecule has 0 bridgehead atoms. The van der Waals surface area contributed by atoms with Crippen molar-refractivity contribution in [3.63, 3.8) is 0 Å². The minimum atomic E-state index is -0.554. The Hall–Kier alpha value is -2.15. The Morgan fingerprint density at radius 3 is 2.46 bits per heavy atom. The molecule has 0 atom stereocenters. The smallest absolute Gasteiger partial charge is 0.338 e. The number of rotatable bonds is 3. The van der Waals surface area contributed by atoms with Gasteiger partial charge in [0.05, 0.1) is 11.8 Å². The quantitative estimate of drug-likeness (QED) is 0.806. The van der Waals surface area contributed by atoms with E-state index in [1.54, 1.807) is 42.9 Å². The van der Waals surface area contributed by atoms with E-state index in [2.05, 4.69) is 26.2 Å². The lowest BCUT2D eigenvalue weighted by molar-refractivity contribution is 0.00687. The van der Waals surface area contributed by atoms with E-state index in [1.165, 1.54) is 0 Å². The van der Waals surface area contributed by atoms with Gasteiger partial charge in [0.1, 0.15) is 10.2 Å². The van der Waals surface area contributed by atoms with Gasteiger partial charge in [-0.1, -0.05) is 0 Å². The number of carbonyl (C=O) groups is 2. The van der Waals surface area contributed by atoms with Crippen LogP contribution in [0.1, 0.15) is 47.3 Å². The number of nitrogens with zero attached hydrogens (tertiary/aromatic N) is 2. The second-order valence-electron chi connectivity index (χ2n) is 6.45. The number of ether oxygens (including phenoxy) is 1. The van der Waals surface area contributed by atoms with Crippen molar-refractivity contribution in [1.29, 1.82) is 0 Å². The zero-order chi connectivity index (χ0) is 18.1. The molecule has 0 saturated heterocycles. The Labute approximate surface area is 149 Å². The fraction of sp³-hybridized carbons (Fsp3) is 0.353. The molecule has 0 aliphatic heterocycles. The third kappa shape index (κ3) is 4.23. The van der Waals surface area contributed by atoms with Gasteiger partial charge in [0, 0.05) is 12.7 Å². The highest BCUT2D eigenvalue weighted by atomic mass is 79.9. The normalized spacial score (nSPS) is 11.2. The van der Waals surface area contributed by atoms with Gasteiger partial charge in [0.15, 0.2) is 5.82 Å². The minimum Gasteiger partial charge on any atom is -0.456 e. The molecule has 2 rings (SSSR count). The predicted octanol–water partition coefficient (Wildman–Crippen LogP) is 3.70. The van der Waals surface area contributed by atoms with E-state index >= 15 is 0 Å². The van der Waals surface area contributed by atoms with Crippen molar-refractivity contribution >= 4 is 33.5 Å². The van der Waals surface area contributed by atoms with E-state index in [-0.39, 0.29) is 17.7 Å². The van der Waals surface area contributed by atoms with Crippen molar-refractivity contribution in [2.75, 3.05) is 5.32 Å². The van der Waals surface area contributed by atoms with Gasteiger partial charge >= 0.3 is 5.97 Å². The van der Waals surface area contributed by atoms with Crippen molar-refractivity contribution < 1.29 is 14.3 Å². The van der Waals surface area contributed by atoms with Gasteiger partial charge in [-0.3, -0.25) is 4.79 Å². The third-order valence-electron chi connectivity index (χ3n) is 3.24. The number of hydrogen-bond acceptors (Lipinski definition) is 4. The molecular formula is C17H20BrN3O3. The summed E-state index contributed by atoms with van der Waals surface area (Å²) >= 11 is 3.30. The van der Waals surface area contributed by atoms with Crippen LogP contribution in [0.5, 0.6) is 0 Å². The summed E-state index contributed by atoms with van der Waals surface area (Å²) < 4.78 is 7.72. The number of hydrogen-bond donors (Lipinski definition) is 1. The highest BCUT2D eigenvalue weighted by Gasteiger charge is 2.20. The number of nitrogens with one attached hydrogen (secondary N) is 1. The average Bonchev–Trinajstić information content (AvgIpc) is 2.77. The number of esters is 1. The van der Waals surface area contributed by atoms with Crippen LogP contribution in [-0.4, -0.2) is 27.0 Å². The molecule has 2 aromatic rings. The second-order valence-corrected chi connectivity index (χ2v) is 7.26. The van der Waals surface area contributed by atoms with Crippen LogP contribution in [0.25, 0.3) is 0 Å². The van der Waals surface area contributed by atoms with E-state index in [4.69, 9.17) is 4.74 Å². The standard InChI is InChI=1S/C17H20BrN3O3/c1-10-8-11(6-7-12(10)16(23)24-17(2,3)4)20-15(22)14-19-9-13(18)21(14)5/h6-9H,1-5H3,(H,20,22). The van der Waals surface area contributed by atoms with Crippen molar-refractivity contribution in [3.05, 3.63) is 46.0 Å². The highest BCUT2D eigenvalue weighted by molar-refractivity contribution is 9.10. The van der Waals surface area contributed by atoms with Crippen molar-refractivity contribution in [2.24, 2.45) is 7.05 Å². The first kappa shape index (κ1) is 18.2. The van der Waals surface area contributed by atoms with E-state index in [9.17, 15) is 9.59 Å². The number of aryl methyl sites for hydroxylation is 1. The number of anilines is 1. The maximum Gasteiger partial charge on any atom is 0.338 e. The molecule has 0 saturated carbocycles. The zero-order valence-corrected chi connectivity index (χ0v) is 15.9. The first-order chi connectivity index (χ1) is 11.1. The van der Waals surface area contributed by atoms with Crippen LogP contribution < -0.4 is 5.32 Å². The molecular weight excluding hydrogens is 374 g/mol. The fourth-order valence-corrected chi connectivity index (χ4v) is 2.36. The van der Waals surface area contributed by atoms with E-state index in [0.29, 0.717) is 15.9 Å². The van der Waals surface area contributed by atoms with E-state index < -0.39 is 5.60 Å². The fourth-order valence-electron chi connectivity index (χ4n) is 2.09. The summed E-state index contributed by atoms with van der Waals surface area (Å²) in [5.41, 5.74) is 1.23. The third-order valence-corrected chi connectivity index (χ3v) is 3.97. The molecule has 6 nitrogen and oxygen atoms in total. The SMILES string of the molecule is Cc1cc(NC(=O)c2ncc(Br)n2C)ccc1C(=O)OC(C)(C)C. The number of amides is 1. The number of halogens is 1. The molecule has 128 valence electrons. The summed E-state index contributed by atoms with van der Waals surface area (Å²) in [4.78, 5) is 28.5. The van der Waals surface area contributed by atoms with Gasteiger partial charge in [0.25, 0.3) is 5.91 Å². The molecule has 24 heavy (non-hydrogen) atoms. The Morgan fingerprint density at radius 2 is 1.96 bits per heavy atom. The molecule has 1 aromatic carbocycles. The first-order valence-corrected chi connectivity index (χ1v) is 8.20. The number of benzene rings is 1. The summed E-state index contributed by atoms with van der Waals surface area (Å²) in [6.07, 6.45) is 1.56. The van der Waals surface area contributed by atoms with Gasteiger partial charge in [-0.25, -0.2) is 9.78 Å². The van der Waals surface area contributed by atoms with Gasteiger partial charge < -0.3 is 14.6 Å². The van der Waals surface area contributed by atoms with Gasteiger partial charge in [0.2, 0.25) is 0 Å². The van der Waals surface area contributed by atoms with Crippen LogP contribution in [0.4, 0.5) is 5.69 Å². The molecule has 7 heteroatoms. The molecule has 1 amide bonds. The van der Waals surface area contributed by atoms with Crippen molar-refractivity contribution in [1.82, 2.24) is 9.55 Å². The Morgan fingerprint density at radius 1 is 1.29 bits per heavy atom. The van der Waals surface area contributed by atoms with Crippen LogP contribution in [0, 0.1) is 6.92 Å². The summed E-state index contributed by atoms with van der Waals surface area (Å²) in [5.74, 6) is -0.422. The van der Waals surface area contributed by atoms with E-state index in [1.807, 2.05) is 20.8 Å². The Kier molecular flexibility index (Phi) is 5.13. The van der Waals surface area contributed by atoms with Crippen LogP contribution in [-0.2, 0) is 11.8 Å². The van der Waals surface area contributed by atoms with Crippen LogP contribution in [0.15, 0.2) is 29.0 Å². The number of imidazole rings is 1. The summed E-state index contributed by atoms with van der Waals surface area (Å²) in [7, 11) is 1.74. The summed E-state index contributed by atoms with van der Waals surface area (Å²) in [6, 6.07) is 5.05. The van der Waals surface area contributed by atoms with Crippen LogP contribution >= 0.6 is 15.9 Å². The molecule has 1 N–H and O–H groups in total. The second kappa shape index (κ2) is 6.76. The average molecular weight is 394 g/mol. The van der Waals surface area contributed by atoms with Gasteiger partial charge in [-0.2, -0.15) is 0 Å². The Bertz CT molecular complexity index is 791. The maximum atomic E-state index is 12.3. The largest absolute Gasteiger partial charge is 0.456 e. The number of aromatic nitrogens is 2.